The Kier molecular flexibility index (Phi) is 5.25. The highest BCUT2D eigenvalue weighted by molar-refractivity contribution is 5.85. The first-order valence-electron chi connectivity index (χ1n) is 4.16. The summed E-state index contributed by atoms with van der Waals surface area (Å²) >= 11 is 0. The first-order valence-corrected chi connectivity index (χ1v) is 4.16. The van der Waals surface area contributed by atoms with Gasteiger partial charge in [-0.3, -0.25) is 4.79 Å². The molecule has 12 heavy (non-hydrogen) atoms. The lowest BCUT2D eigenvalue weighted by atomic mass is 10.2. The van der Waals surface area contributed by atoms with Crippen molar-refractivity contribution in [3.05, 3.63) is 0 Å². The maximum atomic E-state index is 11.1. The van der Waals surface area contributed by atoms with Crippen molar-refractivity contribution in [2.45, 2.75) is 38.8 Å². The number of hydrogen-bond acceptors (Lipinski definition) is 3. The third-order valence-corrected chi connectivity index (χ3v) is 1.95. The minimum atomic E-state index is -0.100. The standard InChI is InChI=1S/C8H15NO2.ClH/c1-3-11-8(10)7-5-4-6(2)9-7;/h6-7,9H,3-5H2,1-2H3;1H/t6-,7-;/m1./s1. The highest BCUT2D eigenvalue weighted by Gasteiger charge is 2.27. The average molecular weight is 194 g/mol. The van der Waals surface area contributed by atoms with Gasteiger partial charge < -0.3 is 10.1 Å². The number of esters is 1. The van der Waals surface area contributed by atoms with Gasteiger partial charge in [-0.1, -0.05) is 0 Å². The fourth-order valence-corrected chi connectivity index (χ4v) is 1.36. The molecule has 1 fully saturated rings. The van der Waals surface area contributed by atoms with Crippen molar-refractivity contribution < 1.29 is 9.53 Å². The van der Waals surface area contributed by atoms with Crippen molar-refractivity contribution in [1.82, 2.24) is 5.32 Å². The predicted octanol–water partition coefficient (Wildman–Crippen LogP) is 1.11. The van der Waals surface area contributed by atoms with Crippen molar-refractivity contribution >= 4 is 18.4 Å². The summed E-state index contributed by atoms with van der Waals surface area (Å²) in [6, 6.07) is 0.411. The van der Waals surface area contributed by atoms with Gasteiger partial charge in [0.1, 0.15) is 6.04 Å². The summed E-state index contributed by atoms with van der Waals surface area (Å²) in [7, 11) is 0. The molecule has 0 bridgehead atoms. The largest absolute Gasteiger partial charge is 0.465 e. The Bertz CT molecular complexity index is 152. The molecule has 0 saturated carbocycles. The van der Waals surface area contributed by atoms with E-state index < -0.39 is 0 Å². The molecule has 1 saturated heterocycles. The second-order valence-corrected chi connectivity index (χ2v) is 2.95. The zero-order valence-electron chi connectivity index (χ0n) is 7.50. The number of carbonyl (C=O) groups is 1. The Morgan fingerprint density at radius 1 is 1.58 bits per heavy atom. The van der Waals surface area contributed by atoms with Gasteiger partial charge in [0.25, 0.3) is 0 Å². The maximum Gasteiger partial charge on any atom is 0.323 e. The van der Waals surface area contributed by atoms with Crippen molar-refractivity contribution in [2.75, 3.05) is 6.61 Å². The van der Waals surface area contributed by atoms with E-state index in [2.05, 4.69) is 12.2 Å². The molecule has 0 radical (unpaired) electrons. The molecule has 4 heteroatoms. The van der Waals surface area contributed by atoms with E-state index in [9.17, 15) is 4.79 Å². The number of carbonyl (C=O) groups excluding carboxylic acids is 1. The van der Waals surface area contributed by atoms with Crippen molar-refractivity contribution in [3.63, 3.8) is 0 Å². The Labute approximate surface area is 79.3 Å². The number of rotatable bonds is 2. The Morgan fingerprint density at radius 2 is 2.25 bits per heavy atom. The normalized spacial score (nSPS) is 27.8. The number of halogens is 1. The van der Waals surface area contributed by atoms with Crippen LogP contribution in [-0.4, -0.2) is 24.7 Å². The molecule has 72 valence electrons. The number of ether oxygens (including phenoxy) is 1. The lowest BCUT2D eigenvalue weighted by Crippen LogP contribution is -2.35. The summed E-state index contributed by atoms with van der Waals surface area (Å²) in [5, 5.41) is 3.16. The van der Waals surface area contributed by atoms with Crippen LogP contribution in [-0.2, 0) is 9.53 Å². The van der Waals surface area contributed by atoms with Crippen LogP contribution in [0.5, 0.6) is 0 Å². The van der Waals surface area contributed by atoms with Crippen molar-refractivity contribution in [3.8, 4) is 0 Å². The van der Waals surface area contributed by atoms with E-state index in [1.807, 2.05) is 6.92 Å². The van der Waals surface area contributed by atoms with Gasteiger partial charge in [0.05, 0.1) is 6.61 Å². The fraction of sp³-hybridized carbons (Fsp3) is 0.875. The maximum absolute atomic E-state index is 11.1. The lowest BCUT2D eigenvalue weighted by Gasteiger charge is -2.09. The van der Waals surface area contributed by atoms with Gasteiger partial charge in [-0.15, -0.1) is 12.4 Å². The second kappa shape index (κ2) is 5.38. The molecular weight excluding hydrogens is 178 g/mol. The molecule has 0 aliphatic carbocycles. The van der Waals surface area contributed by atoms with E-state index in [1.165, 1.54) is 0 Å². The quantitative estimate of drug-likeness (QED) is 0.668. The number of hydrogen-bond donors (Lipinski definition) is 1. The average Bonchev–Trinajstić information content (AvgIpc) is 2.36. The van der Waals surface area contributed by atoms with Gasteiger partial charge in [-0.2, -0.15) is 0 Å². The van der Waals surface area contributed by atoms with Crippen molar-refractivity contribution in [2.24, 2.45) is 0 Å². The smallest absolute Gasteiger partial charge is 0.323 e. The molecule has 0 amide bonds. The van der Waals surface area contributed by atoms with Crippen LogP contribution in [0.1, 0.15) is 26.7 Å². The molecular formula is C8H16ClNO2. The van der Waals surface area contributed by atoms with E-state index in [1.54, 1.807) is 0 Å². The third kappa shape index (κ3) is 2.99. The zero-order valence-corrected chi connectivity index (χ0v) is 8.32. The monoisotopic (exact) mass is 193 g/mol. The SMILES string of the molecule is CCOC(=O)[C@H]1CC[C@@H](C)N1.Cl. The van der Waals surface area contributed by atoms with Gasteiger partial charge in [-0.05, 0) is 26.7 Å². The zero-order chi connectivity index (χ0) is 8.27. The topological polar surface area (TPSA) is 38.3 Å². The van der Waals surface area contributed by atoms with Crippen LogP contribution in [0, 0.1) is 0 Å². The molecule has 1 N–H and O–H groups in total. The van der Waals surface area contributed by atoms with Crippen molar-refractivity contribution in [1.29, 1.82) is 0 Å². The Hall–Kier alpha value is -0.280. The van der Waals surface area contributed by atoms with Crippen LogP contribution in [0.25, 0.3) is 0 Å². The Morgan fingerprint density at radius 3 is 2.67 bits per heavy atom. The van der Waals surface area contributed by atoms with Crippen LogP contribution in [0.4, 0.5) is 0 Å². The summed E-state index contributed by atoms with van der Waals surface area (Å²) in [6.07, 6.45) is 1.99. The molecule has 0 aromatic rings. The van der Waals surface area contributed by atoms with Gasteiger partial charge >= 0.3 is 5.97 Å². The molecule has 1 heterocycles. The summed E-state index contributed by atoms with van der Waals surface area (Å²) < 4.78 is 4.87. The summed E-state index contributed by atoms with van der Waals surface area (Å²) in [5.74, 6) is -0.100. The highest BCUT2D eigenvalue weighted by Crippen LogP contribution is 2.12. The lowest BCUT2D eigenvalue weighted by molar-refractivity contribution is -0.145. The van der Waals surface area contributed by atoms with Crippen LogP contribution < -0.4 is 5.32 Å². The third-order valence-electron chi connectivity index (χ3n) is 1.95. The summed E-state index contributed by atoms with van der Waals surface area (Å²) in [4.78, 5) is 11.1. The first kappa shape index (κ1) is 11.7. The van der Waals surface area contributed by atoms with Gasteiger partial charge in [-0.25, -0.2) is 0 Å². The molecule has 0 spiro atoms. The van der Waals surface area contributed by atoms with Gasteiger partial charge in [0.15, 0.2) is 0 Å². The van der Waals surface area contributed by atoms with Crippen LogP contribution in [0.15, 0.2) is 0 Å². The van der Waals surface area contributed by atoms with E-state index in [0.29, 0.717) is 12.6 Å². The molecule has 1 aliphatic rings. The molecule has 1 aliphatic heterocycles. The molecule has 3 nitrogen and oxygen atoms in total. The van der Waals surface area contributed by atoms with E-state index in [4.69, 9.17) is 4.74 Å². The molecule has 2 atom stereocenters. The number of nitrogens with one attached hydrogen (secondary N) is 1. The molecule has 0 aromatic carbocycles. The first-order chi connectivity index (χ1) is 5.24. The van der Waals surface area contributed by atoms with Crippen LogP contribution >= 0.6 is 12.4 Å². The minimum Gasteiger partial charge on any atom is -0.465 e. The van der Waals surface area contributed by atoms with Gasteiger partial charge in [0, 0.05) is 6.04 Å². The Balaban J connectivity index is 0.00000121. The molecule has 1 rings (SSSR count). The van der Waals surface area contributed by atoms with Crippen LogP contribution in [0.2, 0.25) is 0 Å². The molecule has 0 aromatic heterocycles. The second-order valence-electron chi connectivity index (χ2n) is 2.95. The fourth-order valence-electron chi connectivity index (χ4n) is 1.36. The van der Waals surface area contributed by atoms with E-state index in [-0.39, 0.29) is 24.4 Å². The predicted molar refractivity (Wildman–Crippen MR) is 49.5 cm³/mol. The molecule has 0 unspecified atom stereocenters. The highest BCUT2D eigenvalue weighted by atomic mass is 35.5. The summed E-state index contributed by atoms with van der Waals surface area (Å²) in [5.41, 5.74) is 0. The van der Waals surface area contributed by atoms with E-state index >= 15 is 0 Å². The summed E-state index contributed by atoms with van der Waals surface area (Å²) in [6.45, 7) is 4.39. The van der Waals surface area contributed by atoms with Gasteiger partial charge in [0.2, 0.25) is 0 Å². The van der Waals surface area contributed by atoms with E-state index in [0.717, 1.165) is 12.8 Å². The van der Waals surface area contributed by atoms with Crippen LogP contribution in [0.3, 0.4) is 0 Å². The minimum absolute atomic E-state index is 0.